The molecule has 1 aliphatic heterocycles. The zero-order valence-electron chi connectivity index (χ0n) is 18.9. The van der Waals surface area contributed by atoms with Crippen LogP contribution in [-0.4, -0.2) is 78.4 Å². The molecule has 0 saturated carbocycles. The van der Waals surface area contributed by atoms with Crippen molar-refractivity contribution in [2.45, 2.75) is 32.4 Å². The van der Waals surface area contributed by atoms with E-state index >= 15 is 0 Å². The molecular weight excluding hydrogens is 501 g/mol. The summed E-state index contributed by atoms with van der Waals surface area (Å²) in [6, 6.07) is 13.3. The van der Waals surface area contributed by atoms with Crippen molar-refractivity contribution in [2.24, 2.45) is 4.99 Å². The molecule has 31 heavy (non-hydrogen) atoms. The molecule has 1 unspecified atom stereocenters. The molecule has 3 rings (SSSR count). The third-order valence-electron chi connectivity index (χ3n) is 5.51. The molecule has 2 aromatic rings. The van der Waals surface area contributed by atoms with Gasteiger partial charge in [0, 0.05) is 70.8 Å². The van der Waals surface area contributed by atoms with Gasteiger partial charge in [0.25, 0.3) is 0 Å². The number of aryl methyl sites for hydroxylation is 1. The van der Waals surface area contributed by atoms with Gasteiger partial charge in [-0.2, -0.15) is 5.10 Å². The second-order valence-electron chi connectivity index (χ2n) is 7.89. The van der Waals surface area contributed by atoms with Gasteiger partial charge in [-0.25, -0.2) is 0 Å². The third kappa shape index (κ3) is 8.78. The van der Waals surface area contributed by atoms with Crippen LogP contribution in [0.3, 0.4) is 0 Å². The van der Waals surface area contributed by atoms with Crippen LogP contribution in [0.1, 0.15) is 31.4 Å². The van der Waals surface area contributed by atoms with Crippen LogP contribution in [0.4, 0.5) is 0 Å². The Labute approximate surface area is 204 Å². The molecule has 1 aromatic heterocycles. The number of piperazine rings is 1. The average Bonchev–Trinajstić information content (AvgIpc) is 3.29. The highest BCUT2D eigenvalue weighted by molar-refractivity contribution is 14.0. The molecule has 0 bridgehead atoms. The third-order valence-corrected chi connectivity index (χ3v) is 5.51. The fourth-order valence-corrected chi connectivity index (χ4v) is 3.90. The summed E-state index contributed by atoms with van der Waals surface area (Å²) in [4.78, 5) is 9.77. The van der Waals surface area contributed by atoms with E-state index in [0.29, 0.717) is 6.04 Å². The summed E-state index contributed by atoms with van der Waals surface area (Å²) in [5.41, 5.74) is 1.42. The molecule has 1 atom stereocenters. The first-order valence-electron chi connectivity index (χ1n) is 11.2. The average molecular weight is 540 g/mol. The van der Waals surface area contributed by atoms with Crippen molar-refractivity contribution in [2.75, 3.05) is 52.9 Å². The summed E-state index contributed by atoms with van der Waals surface area (Å²) in [6.07, 6.45) is 5.90. The van der Waals surface area contributed by atoms with Crippen LogP contribution in [0.25, 0.3) is 0 Å². The van der Waals surface area contributed by atoms with Crippen molar-refractivity contribution in [1.29, 1.82) is 0 Å². The fraction of sp³-hybridized carbons (Fsp3) is 0.565. The van der Waals surface area contributed by atoms with Gasteiger partial charge in [-0.05, 0) is 38.4 Å². The van der Waals surface area contributed by atoms with Gasteiger partial charge < -0.3 is 15.5 Å². The first-order valence-corrected chi connectivity index (χ1v) is 11.2. The molecule has 0 spiro atoms. The van der Waals surface area contributed by atoms with E-state index in [0.717, 1.165) is 71.2 Å². The lowest BCUT2D eigenvalue weighted by Crippen LogP contribution is -2.47. The van der Waals surface area contributed by atoms with Gasteiger partial charge in [0.1, 0.15) is 0 Å². The molecule has 1 saturated heterocycles. The van der Waals surface area contributed by atoms with E-state index in [9.17, 15) is 0 Å². The molecule has 0 radical (unpaired) electrons. The maximum Gasteiger partial charge on any atom is 0.191 e. The van der Waals surface area contributed by atoms with E-state index in [1.54, 1.807) is 0 Å². The van der Waals surface area contributed by atoms with Crippen LogP contribution in [0, 0.1) is 0 Å². The zero-order chi connectivity index (χ0) is 21.0. The minimum absolute atomic E-state index is 0. The van der Waals surface area contributed by atoms with Crippen molar-refractivity contribution in [3.8, 4) is 0 Å². The maximum absolute atomic E-state index is 4.70. The van der Waals surface area contributed by atoms with Crippen molar-refractivity contribution in [3.05, 3.63) is 54.4 Å². The lowest BCUT2D eigenvalue weighted by molar-refractivity contribution is 0.0891. The standard InChI is InChI=1S/C23H37N7.HI/c1-3-24-23(26-13-8-16-30-17-9-14-27-30)25-12-7-15-29-19-18-28(2)20-22(29)21-10-5-4-6-11-21;/h4-6,9-11,14,17,22H,3,7-8,12-13,15-16,18-20H2,1-2H3,(H2,24,25,26);1H. The Balaban J connectivity index is 0.00000341. The highest BCUT2D eigenvalue weighted by Crippen LogP contribution is 2.24. The quantitative estimate of drug-likeness (QED) is 0.211. The molecular formula is C23H38IN7. The Hall–Kier alpha value is -1.65. The van der Waals surface area contributed by atoms with E-state index in [-0.39, 0.29) is 24.0 Å². The second-order valence-corrected chi connectivity index (χ2v) is 7.89. The first kappa shape index (κ1) is 25.6. The molecule has 2 N–H and O–H groups in total. The largest absolute Gasteiger partial charge is 0.357 e. The summed E-state index contributed by atoms with van der Waals surface area (Å²) in [5.74, 6) is 0.913. The molecule has 0 aliphatic carbocycles. The van der Waals surface area contributed by atoms with Gasteiger partial charge in [-0.1, -0.05) is 30.3 Å². The summed E-state index contributed by atoms with van der Waals surface area (Å²) >= 11 is 0. The number of benzene rings is 1. The van der Waals surface area contributed by atoms with Gasteiger partial charge in [-0.15, -0.1) is 24.0 Å². The number of likely N-dealkylation sites (N-methyl/N-ethyl adjacent to an activating group) is 1. The van der Waals surface area contributed by atoms with Crippen molar-refractivity contribution < 1.29 is 0 Å². The minimum Gasteiger partial charge on any atom is -0.357 e. The molecule has 7 nitrogen and oxygen atoms in total. The second kappa shape index (κ2) is 14.4. The SMILES string of the molecule is CCNC(=NCCCn1cccn1)NCCCN1CCN(C)CC1c1ccccc1.I. The first-order chi connectivity index (χ1) is 14.8. The number of aromatic nitrogens is 2. The lowest BCUT2D eigenvalue weighted by Gasteiger charge is -2.40. The van der Waals surface area contributed by atoms with E-state index in [1.165, 1.54) is 5.56 Å². The highest BCUT2D eigenvalue weighted by Gasteiger charge is 2.25. The van der Waals surface area contributed by atoms with Crippen molar-refractivity contribution >= 4 is 29.9 Å². The normalized spacial score (nSPS) is 17.9. The van der Waals surface area contributed by atoms with Gasteiger partial charge in [0.05, 0.1) is 0 Å². The Morgan fingerprint density at radius 3 is 2.68 bits per heavy atom. The summed E-state index contributed by atoms with van der Waals surface area (Å²) in [5, 5.41) is 11.1. The summed E-state index contributed by atoms with van der Waals surface area (Å²) < 4.78 is 1.95. The highest BCUT2D eigenvalue weighted by atomic mass is 127. The molecule has 1 aliphatic rings. The molecule has 1 aromatic carbocycles. The topological polar surface area (TPSA) is 60.7 Å². The Bertz CT molecular complexity index is 736. The minimum atomic E-state index is 0. The van der Waals surface area contributed by atoms with Crippen LogP contribution in [0.15, 0.2) is 53.8 Å². The van der Waals surface area contributed by atoms with Crippen LogP contribution in [-0.2, 0) is 6.54 Å². The number of nitrogens with zero attached hydrogens (tertiary/aromatic N) is 5. The van der Waals surface area contributed by atoms with E-state index in [2.05, 4.69) is 69.8 Å². The maximum atomic E-state index is 4.70. The summed E-state index contributed by atoms with van der Waals surface area (Å²) in [7, 11) is 2.22. The van der Waals surface area contributed by atoms with Gasteiger partial charge in [-0.3, -0.25) is 14.6 Å². The lowest BCUT2D eigenvalue weighted by atomic mass is 10.0. The van der Waals surface area contributed by atoms with E-state index in [1.807, 2.05) is 23.1 Å². The number of guanidine groups is 1. The van der Waals surface area contributed by atoms with E-state index < -0.39 is 0 Å². The molecule has 2 heterocycles. The molecule has 0 amide bonds. The number of aliphatic imine (C=N–C) groups is 1. The van der Waals surface area contributed by atoms with Crippen LogP contribution >= 0.6 is 24.0 Å². The smallest absolute Gasteiger partial charge is 0.191 e. The monoisotopic (exact) mass is 539 g/mol. The predicted molar refractivity (Wildman–Crippen MR) is 139 cm³/mol. The Morgan fingerprint density at radius 1 is 1.10 bits per heavy atom. The zero-order valence-corrected chi connectivity index (χ0v) is 21.2. The van der Waals surface area contributed by atoms with Crippen LogP contribution in [0.2, 0.25) is 0 Å². The number of rotatable bonds is 10. The van der Waals surface area contributed by atoms with Crippen molar-refractivity contribution in [1.82, 2.24) is 30.2 Å². The predicted octanol–water partition coefficient (Wildman–Crippen LogP) is 2.83. The van der Waals surface area contributed by atoms with Crippen LogP contribution in [0.5, 0.6) is 0 Å². The molecule has 1 fully saturated rings. The van der Waals surface area contributed by atoms with Crippen LogP contribution < -0.4 is 10.6 Å². The number of halogens is 1. The Morgan fingerprint density at radius 2 is 1.94 bits per heavy atom. The van der Waals surface area contributed by atoms with Gasteiger partial charge >= 0.3 is 0 Å². The van der Waals surface area contributed by atoms with E-state index in [4.69, 9.17) is 4.99 Å². The van der Waals surface area contributed by atoms with Gasteiger partial charge in [0.2, 0.25) is 0 Å². The van der Waals surface area contributed by atoms with Crippen molar-refractivity contribution in [3.63, 3.8) is 0 Å². The fourth-order valence-electron chi connectivity index (χ4n) is 3.90. The Kier molecular flexibility index (Phi) is 11.9. The summed E-state index contributed by atoms with van der Waals surface area (Å²) in [6.45, 7) is 10.1. The molecule has 172 valence electrons. The molecule has 8 heteroatoms. The number of hydrogen-bond acceptors (Lipinski definition) is 4. The number of nitrogens with one attached hydrogen (secondary N) is 2. The number of hydrogen-bond donors (Lipinski definition) is 2. The van der Waals surface area contributed by atoms with Gasteiger partial charge in [0.15, 0.2) is 5.96 Å².